The third-order valence-electron chi connectivity index (χ3n) is 0.733. The lowest BCUT2D eigenvalue weighted by molar-refractivity contribution is -0.141. The molecule has 0 rings (SSSR count). The number of carbonyl (C=O) groups is 1. The molecule has 254 valence electrons. The van der Waals surface area contributed by atoms with Gasteiger partial charge < -0.3 is 9.29 Å². The topological polar surface area (TPSA) is 142 Å². The first-order valence-electron chi connectivity index (χ1n) is 4.25. The number of amides is 1. The van der Waals surface area contributed by atoms with E-state index in [1.165, 1.54) is 0 Å². The first-order valence-corrected chi connectivity index (χ1v) is 6.92. The van der Waals surface area contributed by atoms with Gasteiger partial charge in [-0.05, 0) is 26.3 Å². The highest BCUT2D eigenvalue weighted by Gasteiger charge is 2.18. The Bertz CT molecular complexity index is 399. The average molecular weight is 793 g/mol. The van der Waals surface area contributed by atoms with Crippen molar-refractivity contribution in [2.24, 2.45) is 5.11 Å². The van der Waals surface area contributed by atoms with Crippen LogP contribution in [-0.4, -0.2) is 38.2 Å². The average Bonchev–Trinajstić information content (AvgIpc) is 1.99. The molecule has 0 aromatic heterocycles. The van der Waals surface area contributed by atoms with E-state index in [-0.39, 0.29) is 214 Å². The van der Waals surface area contributed by atoms with Crippen LogP contribution in [0.1, 0.15) is 72.8 Å². The lowest BCUT2D eigenvalue weighted by Gasteiger charge is -2.20. The van der Waals surface area contributed by atoms with Crippen LogP contribution in [0.2, 0.25) is 0 Å². The molecule has 0 unspecified atom stereocenters. The van der Waals surface area contributed by atoms with Crippen molar-refractivity contribution in [2.45, 2.75) is 78.4 Å². The minimum absolute atomic E-state index is 0. The third kappa shape index (κ3) is 213. The second-order valence-electron chi connectivity index (χ2n) is 4.40. The summed E-state index contributed by atoms with van der Waals surface area (Å²) in [5.74, 6) is 0. The van der Waals surface area contributed by atoms with Crippen LogP contribution >= 0.6 is 162 Å². The summed E-state index contributed by atoms with van der Waals surface area (Å²) in [6, 6.07) is 0. The molecule has 0 atom stereocenters. The van der Waals surface area contributed by atoms with E-state index < -0.39 is 21.3 Å². The minimum Gasteiger partial charge on any atom is -0.455 e. The molecule has 0 aromatic rings. The van der Waals surface area contributed by atoms with Gasteiger partial charge in [0.15, 0.2) is 0 Å². The van der Waals surface area contributed by atoms with Gasteiger partial charge in [0.05, 0.1) is 0 Å². The molecule has 2 N–H and O–H groups in total. The molecule has 0 fully saturated rings. The standard InChI is InChI=1S/C5H9N3O2.C2H8O4S.7CH4.12H2S/c1-5(2,3)10-4(9)7-8-6;1-7(2,4,5)6-3;;;;;;;;;;;;;;;;;;;/h1-3H3;3H,1-2H3,(H,4,5);7*1H4;12*1H2. The van der Waals surface area contributed by atoms with Crippen molar-refractivity contribution >= 4 is 178 Å². The van der Waals surface area contributed by atoms with E-state index in [2.05, 4.69) is 19.1 Å². The number of ether oxygens (including phenoxy) is 1. The van der Waals surface area contributed by atoms with Crippen molar-refractivity contribution in [3.63, 3.8) is 0 Å². The molecule has 22 heteroatoms. The Hall–Kier alpha value is 3.01. The monoisotopic (exact) mass is 791 g/mol. The van der Waals surface area contributed by atoms with Gasteiger partial charge in [0, 0.05) is 22.5 Å². The summed E-state index contributed by atoms with van der Waals surface area (Å²) in [7, 11) is -4.06. The number of carbonyl (C=O) groups excluding carboxylic acids is 1. The zero-order chi connectivity index (χ0) is 14.4. The lowest BCUT2D eigenvalue weighted by atomic mass is 10.2. The molecule has 0 aliphatic rings. The normalized spacial score (nSPS) is 6.25. The van der Waals surface area contributed by atoms with E-state index >= 15 is 0 Å². The molecule has 0 spiro atoms. The molecule has 0 saturated carbocycles. The minimum atomic E-state index is -4.06. The predicted octanol–water partition coefficient (Wildman–Crippen LogP) is 7.98. The Morgan fingerprint density at radius 3 is 0.972 bits per heavy atom. The molecule has 0 radical (unpaired) electrons. The first-order chi connectivity index (χ1) is 7.27. The lowest BCUT2D eigenvalue weighted by Crippen LogP contribution is -2.29. The van der Waals surface area contributed by atoms with Gasteiger partial charge in [-0.3, -0.25) is 0 Å². The molecular weight excluding hydrogens is 723 g/mol. The van der Waals surface area contributed by atoms with Crippen LogP contribution in [0.5, 0.6) is 0 Å². The van der Waals surface area contributed by atoms with Gasteiger partial charge in [0.1, 0.15) is 15.2 Å². The Balaban J connectivity index is -0.00000000437. The van der Waals surface area contributed by atoms with Crippen molar-refractivity contribution in [1.82, 2.24) is 0 Å². The SMILES string of the molecule is C.C.C.C.C.C.C.CC(C)(C)OC(=O)N=[N+]=[N-].CS(C)(=O)(O)OO.S.S.S.S.S.S.S.S.S.S.S.S. The van der Waals surface area contributed by atoms with Crippen LogP contribution in [-0.2, 0) is 18.7 Å². The van der Waals surface area contributed by atoms with Crippen LogP contribution in [0.15, 0.2) is 5.11 Å². The fourth-order valence-electron chi connectivity index (χ4n) is 0.319. The second-order valence-corrected chi connectivity index (χ2v) is 7.86. The molecule has 0 bridgehead atoms. The zero-order valence-electron chi connectivity index (χ0n) is 16.3. The number of nitrogens with zero attached hydrogens (tertiary/aromatic N) is 3. The van der Waals surface area contributed by atoms with Gasteiger partial charge in [-0.2, -0.15) is 162 Å². The summed E-state index contributed by atoms with van der Waals surface area (Å²) in [5.41, 5.74) is 7.20. The first kappa shape index (κ1) is 174. The van der Waals surface area contributed by atoms with Crippen LogP contribution < -0.4 is 0 Å². The summed E-state index contributed by atoms with van der Waals surface area (Å²) in [5, 5.41) is 10.4. The number of hydrogen-bond acceptors (Lipinski definition) is 5. The Labute approximate surface area is 309 Å². The molecule has 1 amide bonds. The highest BCUT2D eigenvalue weighted by Crippen LogP contribution is 2.09. The van der Waals surface area contributed by atoms with Crippen LogP contribution in [0.3, 0.4) is 0 Å². The molecule has 0 aromatic carbocycles. The van der Waals surface area contributed by atoms with Gasteiger partial charge in [0.2, 0.25) is 0 Å². The van der Waals surface area contributed by atoms with Gasteiger partial charge in [-0.15, -0.1) is 4.33 Å². The Morgan fingerprint density at radius 1 is 0.722 bits per heavy atom. The Kier molecular flexibility index (Phi) is 371. The van der Waals surface area contributed by atoms with E-state index in [0.717, 1.165) is 12.5 Å². The predicted molar refractivity (Wildman–Crippen MR) is 233 cm³/mol. The van der Waals surface area contributed by atoms with Crippen molar-refractivity contribution < 1.29 is 27.9 Å². The summed E-state index contributed by atoms with van der Waals surface area (Å²) in [4.78, 5) is 12.7. The zero-order valence-corrected chi connectivity index (χ0v) is 29.1. The maximum atomic E-state index is 10.4. The second kappa shape index (κ2) is 77.0. The molecule has 0 aliphatic heterocycles. The fourth-order valence-corrected chi connectivity index (χ4v) is 0.319. The van der Waals surface area contributed by atoms with Crippen molar-refractivity contribution in [3.8, 4) is 0 Å². The molecule has 0 heterocycles. The third-order valence-corrected chi connectivity index (χ3v) is 1.16. The summed E-state index contributed by atoms with van der Waals surface area (Å²) < 4.78 is 26.5. The van der Waals surface area contributed by atoms with E-state index in [4.69, 9.17) is 15.3 Å². The maximum absolute atomic E-state index is 10.4. The van der Waals surface area contributed by atoms with Gasteiger partial charge in [-0.1, -0.05) is 52.0 Å². The maximum Gasteiger partial charge on any atom is 0.397 e. The molecule has 0 aliphatic carbocycles. The molecule has 9 nitrogen and oxygen atoms in total. The van der Waals surface area contributed by atoms with Crippen molar-refractivity contribution in [3.05, 3.63) is 10.4 Å². The van der Waals surface area contributed by atoms with E-state index in [1.807, 2.05) is 0 Å². The summed E-state index contributed by atoms with van der Waals surface area (Å²) >= 11 is 0. The van der Waals surface area contributed by atoms with Gasteiger partial charge >= 0.3 is 6.09 Å². The molecule has 36 heavy (non-hydrogen) atoms. The van der Waals surface area contributed by atoms with Crippen LogP contribution in [0.25, 0.3) is 10.4 Å². The van der Waals surface area contributed by atoms with Crippen LogP contribution in [0.4, 0.5) is 4.79 Å². The summed E-state index contributed by atoms with van der Waals surface area (Å²) in [6.07, 6.45) is 0.906. The highest BCUT2D eigenvalue weighted by atomic mass is 32.3. The van der Waals surface area contributed by atoms with Gasteiger partial charge in [0.25, 0.3) is 0 Å². The van der Waals surface area contributed by atoms with E-state index in [9.17, 15) is 9.00 Å². The molecular formula is C14H69N3O6S13. The Morgan fingerprint density at radius 2 is 0.889 bits per heavy atom. The molecule has 0 saturated heterocycles. The largest absolute Gasteiger partial charge is 0.455 e. The fraction of sp³-hybridized carbons (Fsp3) is 0.929. The number of hydrogen-bond donors (Lipinski definition) is 2. The number of rotatable bonds is 1. The van der Waals surface area contributed by atoms with Crippen molar-refractivity contribution in [2.75, 3.05) is 12.5 Å². The smallest absolute Gasteiger partial charge is 0.397 e. The van der Waals surface area contributed by atoms with E-state index in [0.29, 0.717) is 0 Å². The number of azide groups is 1. The highest BCUT2D eigenvalue weighted by molar-refractivity contribution is 8.09. The van der Waals surface area contributed by atoms with Gasteiger partial charge in [-0.25, -0.2) is 14.3 Å². The van der Waals surface area contributed by atoms with E-state index in [1.54, 1.807) is 20.8 Å². The quantitative estimate of drug-likeness (QED) is 0.0907. The van der Waals surface area contributed by atoms with Crippen LogP contribution in [0, 0.1) is 0 Å². The summed E-state index contributed by atoms with van der Waals surface area (Å²) in [6.45, 7) is 5.08. The van der Waals surface area contributed by atoms with Crippen molar-refractivity contribution in [1.29, 1.82) is 0 Å².